The summed E-state index contributed by atoms with van der Waals surface area (Å²) in [5.74, 6) is 1.37. The second-order valence-electron chi connectivity index (χ2n) is 8.10. The van der Waals surface area contributed by atoms with Crippen molar-refractivity contribution in [2.45, 2.75) is 32.4 Å². The first-order chi connectivity index (χ1) is 17.1. The van der Waals surface area contributed by atoms with E-state index in [2.05, 4.69) is 12.2 Å². The van der Waals surface area contributed by atoms with Gasteiger partial charge < -0.3 is 4.42 Å². The molecule has 0 spiro atoms. The Morgan fingerprint density at radius 3 is 2.74 bits per heavy atom. The van der Waals surface area contributed by atoms with Crippen molar-refractivity contribution < 1.29 is 14.1 Å². The third-order valence-corrected chi connectivity index (χ3v) is 6.70. The first-order valence-electron chi connectivity index (χ1n) is 11.4. The van der Waals surface area contributed by atoms with E-state index in [9.17, 15) is 14.9 Å². The molecule has 1 N–H and O–H groups in total. The van der Waals surface area contributed by atoms with Crippen LogP contribution in [0.5, 0.6) is 0 Å². The SMILES string of the molecule is CCCCCSC1=NN2C(=c3ccccc3=N[C@@H]2c2ccc(-c3ccccc3[N+](=O)[O-])o2)C(=O)N1. The average Bonchev–Trinajstić information content (AvgIpc) is 3.36. The van der Waals surface area contributed by atoms with Gasteiger partial charge in [-0.3, -0.25) is 20.2 Å². The predicted octanol–water partition coefficient (Wildman–Crippen LogP) is 3.92. The number of rotatable bonds is 7. The van der Waals surface area contributed by atoms with Gasteiger partial charge in [-0.15, -0.1) is 5.10 Å². The van der Waals surface area contributed by atoms with Crippen molar-refractivity contribution in [3.05, 3.63) is 87.1 Å². The van der Waals surface area contributed by atoms with Gasteiger partial charge in [-0.1, -0.05) is 61.9 Å². The highest BCUT2D eigenvalue weighted by Gasteiger charge is 2.36. The molecule has 178 valence electrons. The van der Waals surface area contributed by atoms with Crippen LogP contribution in [-0.4, -0.2) is 26.8 Å². The number of para-hydroxylation sites is 2. The lowest BCUT2D eigenvalue weighted by molar-refractivity contribution is -0.384. The van der Waals surface area contributed by atoms with Gasteiger partial charge in [0, 0.05) is 17.0 Å². The number of nitrogens with one attached hydrogen (secondary N) is 1. The maximum Gasteiger partial charge on any atom is 0.280 e. The second kappa shape index (κ2) is 9.75. The number of benzene rings is 2. The predicted molar refractivity (Wildman–Crippen MR) is 134 cm³/mol. The number of carbonyl (C=O) groups excluding carboxylic acids is 1. The van der Waals surface area contributed by atoms with Crippen molar-refractivity contribution in [3.8, 4) is 11.3 Å². The second-order valence-corrected chi connectivity index (χ2v) is 9.19. The minimum atomic E-state index is -0.728. The lowest BCUT2D eigenvalue weighted by atomic mass is 10.1. The van der Waals surface area contributed by atoms with Gasteiger partial charge >= 0.3 is 0 Å². The fraction of sp³-hybridized carbons (Fsp3) is 0.240. The van der Waals surface area contributed by atoms with E-state index in [1.807, 2.05) is 24.3 Å². The standard InChI is InChI=1S/C25H23N5O4S/c1-2-3-8-15-35-25-27-24(31)22-16-9-4-6-11-18(16)26-23(29(22)28-25)21-14-13-20(34-21)17-10-5-7-12-19(17)30(32)33/h4-7,9-14,23H,2-3,8,15H2,1H3,(H,27,28,31)/t23-/m0/s1. The van der Waals surface area contributed by atoms with Crippen LogP contribution in [0, 0.1) is 10.1 Å². The van der Waals surface area contributed by atoms with E-state index in [0.717, 1.165) is 25.0 Å². The molecule has 2 aliphatic rings. The number of nitrogens with zero attached hydrogens (tertiary/aromatic N) is 4. The minimum Gasteiger partial charge on any atom is -0.456 e. The molecule has 5 rings (SSSR count). The largest absolute Gasteiger partial charge is 0.456 e. The summed E-state index contributed by atoms with van der Waals surface area (Å²) in [6.07, 6.45) is 2.53. The molecule has 10 heteroatoms. The smallest absolute Gasteiger partial charge is 0.280 e. The third kappa shape index (κ3) is 4.44. The van der Waals surface area contributed by atoms with Crippen LogP contribution in [0.1, 0.15) is 38.1 Å². The average molecular weight is 490 g/mol. The zero-order valence-electron chi connectivity index (χ0n) is 19.0. The molecule has 0 saturated carbocycles. The molecular formula is C25H23N5O4S. The van der Waals surface area contributed by atoms with Crippen LogP contribution in [0.3, 0.4) is 0 Å². The van der Waals surface area contributed by atoms with Gasteiger partial charge in [0.15, 0.2) is 10.9 Å². The van der Waals surface area contributed by atoms with Crippen LogP contribution < -0.4 is 15.9 Å². The molecule has 1 atom stereocenters. The highest BCUT2D eigenvalue weighted by molar-refractivity contribution is 8.13. The highest BCUT2D eigenvalue weighted by Crippen LogP contribution is 2.36. The van der Waals surface area contributed by atoms with Crippen molar-refractivity contribution >= 4 is 34.2 Å². The molecular weight excluding hydrogens is 466 g/mol. The Labute approximate surface area is 205 Å². The van der Waals surface area contributed by atoms with Gasteiger partial charge in [-0.25, -0.2) is 10.0 Å². The molecule has 3 heterocycles. The number of amidine groups is 1. The molecule has 0 bridgehead atoms. The summed E-state index contributed by atoms with van der Waals surface area (Å²) in [6.45, 7) is 2.14. The Hall–Kier alpha value is -3.92. The summed E-state index contributed by atoms with van der Waals surface area (Å²) in [7, 11) is 0. The zero-order valence-corrected chi connectivity index (χ0v) is 19.8. The molecule has 9 nitrogen and oxygen atoms in total. The number of furan rings is 1. The van der Waals surface area contributed by atoms with Crippen LogP contribution in [-0.2, 0) is 4.79 Å². The number of fused-ring (bicyclic) bond motifs is 2. The van der Waals surface area contributed by atoms with E-state index in [1.165, 1.54) is 17.8 Å². The molecule has 35 heavy (non-hydrogen) atoms. The van der Waals surface area contributed by atoms with E-state index in [1.54, 1.807) is 35.3 Å². The van der Waals surface area contributed by atoms with Crippen molar-refractivity contribution in [2.24, 2.45) is 10.1 Å². The molecule has 0 fully saturated rings. The summed E-state index contributed by atoms with van der Waals surface area (Å²) in [5, 5.41) is 22.6. The minimum absolute atomic E-state index is 0.0484. The molecule has 1 amide bonds. The summed E-state index contributed by atoms with van der Waals surface area (Å²) < 4.78 is 6.09. The fourth-order valence-corrected chi connectivity index (χ4v) is 4.93. The van der Waals surface area contributed by atoms with Crippen LogP contribution in [0.2, 0.25) is 0 Å². The lowest BCUT2D eigenvalue weighted by Crippen LogP contribution is -2.50. The maximum absolute atomic E-state index is 13.2. The van der Waals surface area contributed by atoms with Crippen molar-refractivity contribution in [1.29, 1.82) is 0 Å². The van der Waals surface area contributed by atoms with Gasteiger partial charge in [0.1, 0.15) is 11.5 Å². The van der Waals surface area contributed by atoms with E-state index in [-0.39, 0.29) is 11.6 Å². The third-order valence-electron chi connectivity index (χ3n) is 5.75. The van der Waals surface area contributed by atoms with Crippen LogP contribution in [0.25, 0.3) is 17.0 Å². The zero-order chi connectivity index (χ0) is 24.4. The maximum atomic E-state index is 13.2. The molecule has 2 aliphatic heterocycles. The normalized spacial score (nSPS) is 16.7. The number of hydrogen-bond donors (Lipinski definition) is 1. The summed E-state index contributed by atoms with van der Waals surface area (Å²) in [4.78, 5) is 29.1. The van der Waals surface area contributed by atoms with E-state index >= 15 is 0 Å². The Kier molecular flexibility index (Phi) is 6.37. The molecule has 2 aromatic carbocycles. The topological polar surface area (TPSA) is 113 Å². The molecule has 0 unspecified atom stereocenters. The first-order valence-corrected chi connectivity index (χ1v) is 12.4. The van der Waals surface area contributed by atoms with Gasteiger partial charge in [-0.05, 0) is 30.7 Å². The number of amides is 1. The van der Waals surface area contributed by atoms with Gasteiger partial charge in [0.2, 0.25) is 6.17 Å². The molecule has 0 saturated heterocycles. The van der Waals surface area contributed by atoms with Crippen LogP contribution in [0.15, 0.2) is 75.2 Å². The monoisotopic (exact) mass is 489 g/mol. The number of nitro groups is 1. The Morgan fingerprint density at radius 1 is 1.11 bits per heavy atom. The number of hydrogen-bond acceptors (Lipinski definition) is 8. The lowest BCUT2D eigenvalue weighted by Gasteiger charge is -2.32. The first kappa shape index (κ1) is 22.9. The summed E-state index contributed by atoms with van der Waals surface area (Å²) in [6, 6.07) is 17.2. The van der Waals surface area contributed by atoms with E-state index in [0.29, 0.717) is 38.5 Å². The van der Waals surface area contributed by atoms with Gasteiger partial charge in [-0.2, -0.15) is 0 Å². The van der Waals surface area contributed by atoms with Crippen LogP contribution in [0.4, 0.5) is 5.69 Å². The summed E-state index contributed by atoms with van der Waals surface area (Å²) >= 11 is 1.50. The Balaban J connectivity index is 1.56. The molecule has 3 aromatic rings. The Morgan fingerprint density at radius 2 is 1.91 bits per heavy atom. The van der Waals surface area contributed by atoms with E-state index in [4.69, 9.17) is 14.5 Å². The van der Waals surface area contributed by atoms with Gasteiger partial charge in [0.25, 0.3) is 11.6 Å². The number of hydrazone groups is 1. The number of nitro benzene ring substituents is 1. The van der Waals surface area contributed by atoms with Crippen LogP contribution >= 0.6 is 11.8 Å². The molecule has 0 radical (unpaired) electrons. The summed E-state index contributed by atoms with van der Waals surface area (Å²) in [5.41, 5.74) is 0.714. The highest BCUT2D eigenvalue weighted by atomic mass is 32.2. The van der Waals surface area contributed by atoms with Crippen molar-refractivity contribution in [1.82, 2.24) is 10.3 Å². The Bertz CT molecular complexity index is 1450. The number of thioether (sulfide) groups is 1. The molecule has 1 aromatic heterocycles. The van der Waals surface area contributed by atoms with Crippen molar-refractivity contribution in [2.75, 3.05) is 5.75 Å². The number of carbonyl (C=O) groups is 1. The van der Waals surface area contributed by atoms with E-state index < -0.39 is 11.1 Å². The number of unbranched alkanes of at least 4 members (excludes halogenated alkanes) is 2. The van der Waals surface area contributed by atoms with Crippen molar-refractivity contribution in [3.63, 3.8) is 0 Å². The molecule has 0 aliphatic carbocycles. The van der Waals surface area contributed by atoms with Gasteiger partial charge in [0.05, 0.1) is 15.8 Å². The fourth-order valence-electron chi connectivity index (χ4n) is 4.08. The quantitative estimate of drug-likeness (QED) is 0.306.